The molecule has 0 aromatic carbocycles. The Bertz CT molecular complexity index is 215. The zero-order valence-corrected chi connectivity index (χ0v) is 7.82. The smallest absolute Gasteiger partial charge is 0.332 e. The molecule has 74 valence electrons. The molecular weight excluding hydrogens is 170 g/mol. The fraction of sp³-hybridized carbons (Fsp3) is 0.667. The van der Waals surface area contributed by atoms with E-state index in [1.807, 2.05) is 11.8 Å². The predicted molar refractivity (Wildman–Crippen MR) is 48.6 cm³/mol. The summed E-state index contributed by atoms with van der Waals surface area (Å²) in [5.74, 6) is -0.917. The SMILES string of the molecule is C=C(CN1CCOC(C)C1)C(=O)O. The Hall–Kier alpha value is -0.870. The van der Waals surface area contributed by atoms with Gasteiger partial charge in [0.05, 0.1) is 12.7 Å². The first-order valence-corrected chi connectivity index (χ1v) is 4.34. The van der Waals surface area contributed by atoms with Crippen LogP contribution in [0, 0.1) is 0 Å². The first kappa shape index (κ1) is 10.2. The van der Waals surface area contributed by atoms with Crippen LogP contribution in [0.15, 0.2) is 12.2 Å². The number of rotatable bonds is 3. The predicted octanol–water partition coefficient (Wildman–Crippen LogP) is 0.348. The number of nitrogens with zero attached hydrogens (tertiary/aromatic N) is 1. The molecule has 0 bridgehead atoms. The minimum absolute atomic E-state index is 0.190. The Labute approximate surface area is 77.8 Å². The summed E-state index contributed by atoms with van der Waals surface area (Å²) < 4.78 is 5.33. The van der Waals surface area contributed by atoms with Gasteiger partial charge >= 0.3 is 5.97 Å². The molecule has 1 fully saturated rings. The van der Waals surface area contributed by atoms with E-state index in [2.05, 4.69) is 6.58 Å². The highest BCUT2D eigenvalue weighted by Gasteiger charge is 2.18. The van der Waals surface area contributed by atoms with Crippen LogP contribution in [-0.4, -0.2) is 48.3 Å². The van der Waals surface area contributed by atoms with Gasteiger partial charge in [0.15, 0.2) is 0 Å². The minimum atomic E-state index is -0.917. The summed E-state index contributed by atoms with van der Waals surface area (Å²) in [6.07, 6.45) is 0.190. The highest BCUT2D eigenvalue weighted by atomic mass is 16.5. The molecule has 1 atom stereocenters. The van der Waals surface area contributed by atoms with Crippen molar-refractivity contribution in [2.24, 2.45) is 0 Å². The summed E-state index contributed by atoms with van der Waals surface area (Å²) in [7, 11) is 0. The van der Waals surface area contributed by atoms with Crippen LogP contribution in [0.2, 0.25) is 0 Å². The van der Waals surface area contributed by atoms with Gasteiger partial charge in [0.25, 0.3) is 0 Å². The molecule has 4 heteroatoms. The Morgan fingerprint density at radius 3 is 3.00 bits per heavy atom. The summed E-state index contributed by atoms with van der Waals surface area (Å²) in [6, 6.07) is 0. The van der Waals surface area contributed by atoms with Gasteiger partial charge in [-0.05, 0) is 6.92 Å². The molecule has 13 heavy (non-hydrogen) atoms. The molecule has 0 radical (unpaired) electrons. The van der Waals surface area contributed by atoms with Crippen molar-refractivity contribution in [1.29, 1.82) is 0 Å². The van der Waals surface area contributed by atoms with E-state index in [1.54, 1.807) is 0 Å². The Morgan fingerprint density at radius 1 is 1.77 bits per heavy atom. The number of carboxylic acids is 1. The topological polar surface area (TPSA) is 49.8 Å². The second-order valence-electron chi connectivity index (χ2n) is 3.33. The van der Waals surface area contributed by atoms with Crippen LogP contribution < -0.4 is 0 Å². The minimum Gasteiger partial charge on any atom is -0.478 e. The molecule has 1 saturated heterocycles. The van der Waals surface area contributed by atoms with E-state index in [0.717, 1.165) is 13.1 Å². The third-order valence-corrected chi connectivity index (χ3v) is 2.04. The number of morpholine rings is 1. The molecule has 0 aliphatic carbocycles. The summed E-state index contributed by atoms with van der Waals surface area (Å²) >= 11 is 0. The molecule has 1 aliphatic heterocycles. The van der Waals surface area contributed by atoms with Crippen LogP contribution in [0.4, 0.5) is 0 Å². The van der Waals surface area contributed by atoms with Crippen molar-refractivity contribution in [3.05, 3.63) is 12.2 Å². The second-order valence-corrected chi connectivity index (χ2v) is 3.33. The van der Waals surface area contributed by atoms with Gasteiger partial charge in [-0.15, -0.1) is 0 Å². The molecule has 0 saturated carbocycles. The van der Waals surface area contributed by atoms with Crippen LogP contribution in [0.1, 0.15) is 6.92 Å². The zero-order valence-electron chi connectivity index (χ0n) is 7.82. The van der Waals surface area contributed by atoms with Crippen molar-refractivity contribution in [3.63, 3.8) is 0 Å². The van der Waals surface area contributed by atoms with Gasteiger partial charge < -0.3 is 9.84 Å². The van der Waals surface area contributed by atoms with Crippen LogP contribution in [-0.2, 0) is 9.53 Å². The Morgan fingerprint density at radius 2 is 2.46 bits per heavy atom. The highest BCUT2D eigenvalue weighted by molar-refractivity contribution is 5.86. The van der Waals surface area contributed by atoms with Crippen LogP contribution in [0.25, 0.3) is 0 Å². The van der Waals surface area contributed by atoms with Gasteiger partial charge in [-0.1, -0.05) is 6.58 Å². The van der Waals surface area contributed by atoms with Gasteiger partial charge in [-0.2, -0.15) is 0 Å². The molecular formula is C9H15NO3. The van der Waals surface area contributed by atoms with Crippen molar-refractivity contribution in [2.45, 2.75) is 13.0 Å². The van der Waals surface area contributed by atoms with Crippen LogP contribution in [0.3, 0.4) is 0 Å². The van der Waals surface area contributed by atoms with E-state index in [1.165, 1.54) is 0 Å². The lowest BCUT2D eigenvalue weighted by Crippen LogP contribution is -2.42. The number of ether oxygens (including phenoxy) is 1. The van der Waals surface area contributed by atoms with E-state index in [9.17, 15) is 4.79 Å². The van der Waals surface area contributed by atoms with Crippen molar-refractivity contribution in [1.82, 2.24) is 4.90 Å². The van der Waals surface area contributed by atoms with Crippen molar-refractivity contribution in [3.8, 4) is 0 Å². The van der Waals surface area contributed by atoms with Gasteiger partial charge in [0.2, 0.25) is 0 Å². The van der Waals surface area contributed by atoms with Gasteiger partial charge in [0.1, 0.15) is 0 Å². The van der Waals surface area contributed by atoms with Crippen molar-refractivity contribution >= 4 is 5.97 Å². The lowest BCUT2D eigenvalue weighted by atomic mass is 10.2. The van der Waals surface area contributed by atoms with Crippen LogP contribution >= 0.6 is 0 Å². The number of carboxylic acid groups (broad SMARTS) is 1. The first-order chi connectivity index (χ1) is 6.09. The normalized spacial score (nSPS) is 24.2. The molecule has 1 aliphatic rings. The lowest BCUT2D eigenvalue weighted by Gasteiger charge is -2.30. The average molecular weight is 185 g/mol. The second kappa shape index (κ2) is 4.39. The maximum absolute atomic E-state index is 10.5. The zero-order chi connectivity index (χ0) is 9.84. The van der Waals surface area contributed by atoms with E-state index in [4.69, 9.17) is 9.84 Å². The first-order valence-electron chi connectivity index (χ1n) is 4.34. The van der Waals surface area contributed by atoms with E-state index in [-0.39, 0.29) is 11.7 Å². The molecule has 0 spiro atoms. The molecule has 1 N–H and O–H groups in total. The third kappa shape index (κ3) is 3.16. The Balaban J connectivity index is 2.36. The molecule has 0 aromatic rings. The monoisotopic (exact) mass is 185 g/mol. The summed E-state index contributed by atoms with van der Waals surface area (Å²) in [6.45, 7) is 8.15. The number of hydrogen-bond donors (Lipinski definition) is 1. The summed E-state index contributed by atoms with van der Waals surface area (Å²) in [5.41, 5.74) is 0.245. The summed E-state index contributed by atoms with van der Waals surface area (Å²) in [4.78, 5) is 12.5. The quantitative estimate of drug-likeness (QED) is 0.644. The lowest BCUT2D eigenvalue weighted by molar-refractivity contribution is -0.133. The Kier molecular flexibility index (Phi) is 3.45. The van der Waals surface area contributed by atoms with Crippen molar-refractivity contribution < 1.29 is 14.6 Å². The largest absolute Gasteiger partial charge is 0.478 e. The van der Waals surface area contributed by atoms with Gasteiger partial charge in [-0.25, -0.2) is 4.79 Å². The maximum atomic E-state index is 10.5. The molecule has 1 heterocycles. The van der Waals surface area contributed by atoms with E-state index >= 15 is 0 Å². The van der Waals surface area contributed by atoms with Crippen molar-refractivity contribution in [2.75, 3.05) is 26.2 Å². The highest BCUT2D eigenvalue weighted by Crippen LogP contribution is 2.06. The third-order valence-electron chi connectivity index (χ3n) is 2.04. The molecule has 0 aromatic heterocycles. The van der Waals surface area contributed by atoms with Gasteiger partial charge in [-0.3, -0.25) is 4.90 Å². The van der Waals surface area contributed by atoms with Gasteiger partial charge in [0, 0.05) is 25.2 Å². The van der Waals surface area contributed by atoms with E-state index in [0.29, 0.717) is 13.2 Å². The standard InChI is InChI=1S/C9H15NO3/c1-7(9(11)12)5-10-3-4-13-8(2)6-10/h8H,1,3-6H2,2H3,(H,11,12). The molecule has 0 amide bonds. The average Bonchev–Trinajstić information content (AvgIpc) is 2.04. The van der Waals surface area contributed by atoms with E-state index < -0.39 is 5.97 Å². The number of hydrogen-bond acceptors (Lipinski definition) is 3. The maximum Gasteiger partial charge on any atom is 0.332 e. The molecule has 1 rings (SSSR count). The molecule has 4 nitrogen and oxygen atoms in total. The number of aliphatic carboxylic acids is 1. The summed E-state index contributed by atoms with van der Waals surface area (Å²) in [5, 5.41) is 8.62. The fourth-order valence-corrected chi connectivity index (χ4v) is 1.37. The molecule has 1 unspecified atom stereocenters. The number of carbonyl (C=O) groups is 1. The van der Waals surface area contributed by atoms with Crippen LogP contribution in [0.5, 0.6) is 0 Å². The fourth-order valence-electron chi connectivity index (χ4n) is 1.37.